The third-order valence-electron chi connectivity index (χ3n) is 3.55. The number of carbonyl (C=O) groups is 1. The average Bonchev–Trinajstić information content (AvgIpc) is 2.84. The second-order valence-electron chi connectivity index (χ2n) is 5.54. The minimum absolute atomic E-state index is 0.0215. The topological polar surface area (TPSA) is 51.3 Å². The van der Waals surface area contributed by atoms with Crippen LogP contribution in [0.25, 0.3) is 0 Å². The lowest BCUT2D eigenvalue weighted by molar-refractivity contribution is 0.0978. The van der Waals surface area contributed by atoms with Crippen molar-refractivity contribution in [3.05, 3.63) is 47.8 Å². The van der Waals surface area contributed by atoms with Crippen LogP contribution in [0.4, 0.5) is 11.4 Å². The van der Waals surface area contributed by atoms with Gasteiger partial charge in [-0.3, -0.25) is 4.79 Å². The Bertz CT molecular complexity index is 626. The van der Waals surface area contributed by atoms with Crippen molar-refractivity contribution in [2.45, 2.75) is 33.7 Å². The van der Waals surface area contributed by atoms with E-state index in [0.717, 1.165) is 5.69 Å². The summed E-state index contributed by atoms with van der Waals surface area (Å²) in [4.78, 5) is 14.6. The number of rotatable bonds is 4. The molecule has 112 valence electrons. The Morgan fingerprint density at radius 1 is 1.29 bits per heavy atom. The van der Waals surface area contributed by atoms with E-state index in [0.29, 0.717) is 17.9 Å². The summed E-state index contributed by atoms with van der Waals surface area (Å²) < 4.78 is 1.93. The van der Waals surface area contributed by atoms with Crippen LogP contribution >= 0.6 is 0 Å². The van der Waals surface area contributed by atoms with Crippen molar-refractivity contribution >= 4 is 17.3 Å². The summed E-state index contributed by atoms with van der Waals surface area (Å²) in [5, 5.41) is 0. The van der Waals surface area contributed by atoms with Gasteiger partial charge >= 0.3 is 0 Å². The second kappa shape index (κ2) is 6.04. The smallest absolute Gasteiger partial charge is 0.274 e. The molecule has 21 heavy (non-hydrogen) atoms. The minimum atomic E-state index is -0.0215. The highest BCUT2D eigenvalue weighted by molar-refractivity contribution is 6.05. The molecule has 0 bridgehead atoms. The van der Waals surface area contributed by atoms with Gasteiger partial charge in [0.2, 0.25) is 0 Å². The van der Waals surface area contributed by atoms with Crippen LogP contribution < -0.4 is 10.6 Å². The molecule has 0 unspecified atom stereocenters. The first kappa shape index (κ1) is 15.2. The number of amides is 1. The number of hydrogen-bond donors (Lipinski definition) is 1. The number of anilines is 2. The molecule has 0 fully saturated rings. The van der Waals surface area contributed by atoms with Gasteiger partial charge in [-0.25, -0.2) is 0 Å². The van der Waals surface area contributed by atoms with Crippen molar-refractivity contribution in [3.8, 4) is 0 Å². The normalized spacial score (nSPS) is 10.9. The molecule has 1 heterocycles. The van der Waals surface area contributed by atoms with Gasteiger partial charge in [0.05, 0.1) is 5.69 Å². The SMILES string of the molecule is CCN(C(=O)c1cc(N)cn1C(C)C)c1ccc(C)cc1. The van der Waals surface area contributed by atoms with Gasteiger partial charge in [0.15, 0.2) is 0 Å². The second-order valence-corrected chi connectivity index (χ2v) is 5.54. The number of nitrogens with two attached hydrogens (primary N) is 1. The minimum Gasteiger partial charge on any atom is -0.397 e. The fraction of sp³-hybridized carbons (Fsp3) is 0.353. The summed E-state index contributed by atoms with van der Waals surface area (Å²) in [7, 11) is 0. The van der Waals surface area contributed by atoms with E-state index in [2.05, 4.69) is 0 Å². The molecule has 0 aliphatic heterocycles. The third-order valence-corrected chi connectivity index (χ3v) is 3.55. The lowest BCUT2D eigenvalue weighted by atomic mass is 10.2. The molecule has 0 aliphatic carbocycles. The van der Waals surface area contributed by atoms with Crippen LogP contribution in [0.3, 0.4) is 0 Å². The van der Waals surface area contributed by atoms with Crippen molar-refractivity contribution in [1.29, 1.82) is 0 Å². The molecule has 2 rings (SSSR count). The van der Waals surface area contributed by atoms with Gasteiger partial charge in [0.25, 0.3) is 5.91 Å². The van der Waals surface area contributed by atoms with Gasteiger partial charge in [0, 0.05) is 24.5 Å². The Labute approximate surface area is 126 Å². The highest BCUT2D eigenvalue weighted by atomic mass is 16.2. The number of nitrogens with zero attached hydrogens (tertiary/aromatic N) is 2. The molecule has 0 spiro atoms. The lowest BCUT2D eigenvalue weighted by Crippen LogP contribution is -2.32. The van der Waals surface area contributed by atoms with Crippen LogP contribution in [-0.4, -0.2) is 17.0 Å². The van der Waals surface area contributed by atoms with E-state index in [1.165, 1.54) is 5.56 Å². The summed E-state index contributed by atoms with van der Waals surface area (Å²) in [6, 6.07) is 9.92. The zero-order valence-corrected chi connectivity index (χ0v) is 13.1. The van der Waals surface area contributed by atoms with E-state index >= 15 is 0 Å². The molecule has 0 aliphatic rings. The zero-order valence-electron chi connectivity index (χ0n) is 13.1. The first-order valence-corrected chi connectivity index (χ1v) is 7.30. The van der Waals surface area contributed by atoms with Crippen molar-refractivity contribution in [2.75, 3.05) is 17.2 Å². The van der Waals surface area contributed by atoms with Crippen LogP contribution in [0, 0.1) is 6.92 Å². The Balaban J connectivity index is 2.39. The van der Waals surface area contributed by atoms with Gasteiger partial charge in [-0.05, 0) is 45.9 Å². The number of aromatic nitrogens is 1. The molecular formula is C17H23N3O. The summed E-state index contributed by atoms with van der Waals surface area (Å²) >= 11 is 0. The molecule has 1 aromatic heterocycles. The molecule has 4 heteroatoms. The maximum atomic E-state index is 12.8. The largest absolute Gasteiger partial charge is 0.397 e. The quantitative estimate of drug-likeness (QED) is 0.932. The molecule has 1 amide bonds. The maximum Gasteiger partial charge on any atom is 0.274 e. The number of carbonyl (C=O) groups excluding carboxylic acids is 1. The first-order chi connectivity index (χ1) is 9.93. The summed E-state index contributed by atoms with van der Waals surface area (Å²) in [5.74, 6) is -0.0215. The van der Waals surface area contributed by atoms with E-state index in [9.17, 15) is 4.79 Å². The molecule has 0 saturated heterocycles. The summed E-state index contributed by atoms with van der Waals surface area (Å²) in [6.07, 6.45) is 1.82. The monoisotopic (exact) mass is 285 g/mol. The van der Waals surface area contributed by atoms with Crippen molar-refractivity contribution < 1.29 is 4.79 Å². The lowest BCUT2D eigenvalue weighted by Gasteiger charge is -2.23. The van der Waals surface area contributed by atoms with Gasteiger partial charge in [0.1, 0.15) is 5.69 Å². The fourth-order valence-corrected chi connectivity index (χ4v) is 2.41. The van der Waals surface area contributed by atoms with Gasteiger partial charge in [-0.1, -0.05) is 17.7 Å². The molecule has 0 radical (unpaired) electrons. The summed E-state index contributed by atoms with van der Waals surface area (Å²) in [6.45, 7) is 8.71. The maximum absolute atomic E-state index is 12.8. The Morgan fingerprint density at radius 2 is 1.90 bits per heavy atom. The molecule has 1 aromatic carbocycles. The molecule has 4 nitrogen and oxygen atoms in total. The van der Waals surface area contributed by atoms with E-state index in [1.54, 1.807) is 11.0 Å². The van der Waals surface area contributed by atoms with Crippen molar-refractivity contribution in [2.24, 2.45) is 0 Å². The zero-order chi connectivity index (χ0) is 15.6. The standard InChI is InChI=1S/C17H23N3O/c1-5-19(15-8-6-13(4)7-9-15)17(21)16-10-14(18)11-20(16)12(2)3/h6-12H,5,18H2,1-4H3. The van der Waals surface area contributed by atoms with Crippen LogP contribution in [-0.2, 0) is 0 Å². The van der Waals surface area contributed by atoms with Gasteiger partial charge in [-0.2, -0.15) is 0 Å². The van der Waals surface area contributed by atoms with Gasteiger partial charge in [-0.15, -0.1) is 0 Å². The highest BCUT2D eigenvalue weighted by Gasteiger charge is 2.21. The molecule has 2 aromatic rings. The Kier molecular flexibility index (Phi) is 4.36. The predicted molar refractivity (Wildman–Crippen MR) is 87.8 cm³/mol. The van der Waals surface area contributed by atoms with E-state index in [1.807, 2.05) is 62.7 Å². The van der Waals surface area contributed by atoms with Crippen LogP contribution in [0.5, 0.6) is 0 Å². The summed E-state index contributed by atoms with van der Waals surface area (Å²) in [5.41, 5.74) is 9.19. The average molecular weight is 285 g/mol. The Morgan fingerprint density at radius 3 is 2.43 bits per heavy atom. The van der Waals surface area contributed by atoms with Crippen molar-refractivity contribution in [1.82, 2.24) is 4.57 Å². The number of benzene rings is 1. The number of hydrogen-bond acceptors (Lipinski definition) is 2. The van der Waals surface area contributed by atoms with E-state index < -0.39 is 0 Å². The van der Waals surface area contributed by atoms with E-state index in [4.69, 9.17) is 5.73 Å². The van der Waals surface area contributed by atoms with E-state index in [-0.39, 0.29) is 11.9 Å². The third kappa shape index (κ3) is 3.10. The van der Waals surface area contributed by atoms with Crippen LogP contribution in [0.15, 0.2) is 36.5 Å². The Hall–Kier alpha value is -2.23. The first-order valence-electron chi connectivity index (χ1n) is 7.30. The molecular weight excluding hydrogens is 262 g/mol. The fourth-order valence-electron chi connectivity index (χ4n) is 2.41. The predicted octanol–water partition coefficient (Wildman–Crippen LogP) is 3.63. The van der Waals surface area contributed by atoms with Crippen molar-refractivity contribution in [3.63, 3.8) is 0 Å². The van der Waals surface area contributed by atoms with Gasteiger partial charge < -0.3 is 15.2 Å². The molecule has 0 saturated carbocycles. The molecule has 2 N–H and O–H groups in total. The number of nitrogen functional groups attached to an aromatic ring is 1. The highest BCUT2D eigenvalue weighted by Crippen LogP contribution is 2.22. The van der Waals surface area contributed by atoms with Crippen LogP contribution in [0.2, 0.25) is 0 Å². The molecule has 0 atom stereocenters. The van der Waals surface area contributed by atoms with Crippen LogP contribution in [0.1, 0.15) is 42.9 Å². The number of aryl methyl sites for hydroxylation is 1.